The average Bonchev–Trinajstić information content (AvgIpc) is 2.54. The Hall–Kier alpha value is -1.63. The first-order valence-electron chi connectivity index (χ1n) is 4.27. The van der Waals surface area contributed by atoms with E-state index in [2.05, 4.69) is 10.7 Å². The second-order valence-electron chi connectivity index (χ2n) is 3.01. The summed E-state index contributed by atoms with van der Waals surface area (Å²) in [7, 11) is 0. The number of aromatic nitrogens is 1. The first kappa shape index (κ1) is 9.91. The van der Waals surface area contributed by atoms with Crippen molar-refractivity contribution in [3.8, 4) is 0 Å². The molecule has 0 saturated heterocycles. The van der Waals surface area contributed by atoms with Gasteiger partial charge in [-0.2, -0.15) is 0 Å². The third kappa shape index (κ3) is 2.07. The van der Waals surface area contributed by atoms with Crippen LogP contribution in [0.1, 0.15) is 0 Å². The molecule has 6 nitrogen and oxygen atoms in total. The van der Waals surface area contributed by atoms with E-state index in [4.69, 9.17) is 5.11 Å². The molecule has 0 radical (unpaired) electrons. The molecule has 7 heteroatoms. The molecule has 0 saturated carbocycles. The van der Waals surface area contributed by atoms with Gasteiger partial charge in [-0.3, -0.25) is 14.9 Å². The Bertz CT molecular complexity index is 404. The zero-order valence-corrected chi connectivity index (χ0v) is 8.45. The summed E-state index contributed by atoms with van der Waals surface area (Å²) in [4.78, 5) is 22.0. The van der Waals surface area contributed by atoms with Gasteiger partial charge in [-0.25, -0.2) is 4.79 Å². The van der Waals surface area contributed by atoms with Gasteiger partial charge in [-0.1, -0.05) is 0 Å². The van der Waals surface area contributed by atoms with Crippen LogP contribution in [0.2, 0.25) is 0 Å². The molecule has 0 aliphatic carbocycles. The van der Waals surface area contributed by atoms with Gasteiger partial charge >= 0.3 is 6.09 Å². The standard InChI is InChI=1S/C8H9N3O3S/c12-7-5(9-8(13)14)4-15-6-2-1-3-11(6)10-7/h1-3,5,9H,4H2,(H,10,12)(H,13,14). The Kier molecular flexibility index (Phi) is 2.55. The minimum atomic E-state index is -1.19. The summed E-state index contributed by atoms with van der Waals surface area (Å²) in [6.07, 6.45) is 0.519. The number of amides is 2. The van der Waals surface area contributed by atoms with Crippen molar-refractivity contribution >= 4 is 23.8 Å². The normalized spacial score (nSPS) is 20.0. The molecule has 3 N–H and O–H groups in total. The van der Waals surface area contributed by atoms with E-state index in [9.17, 15) is 9.59 Å². The highest BCUT2D eigenvalue weighted by molar-refractivity contribution is 7.99. The Labute approximate surface area is 89.6 Å². The average molecular weight is 227 g/mol. The highest BCUT2D eigenvalue weighted by Crippen LogP contribution is 2.21. The molecule has 1 aliphatic heterocycles. The van der Waals surface area contributed by atoms with E-state index in [1.165, 1.54) is 11.8 Å². The maximum Gasteiger partial charge on any atom is 0.405 e. The van der Waals surface area contributed by atoms with Crippen molar-refractivity contribution < 1.29 is 14.7 Å². The van der Waals surface area contributed by atoms with Crippen LogP contribution in [0.15, 0.2) is 23.4 Å². The molecular weight excluding hydrogens is 218 g/mol. The molecule has 1 unspecified atom stereocenters. The molecule has 0 fully saturated rings. The van der Waals surface area contributed by atoms with Crippen molar-refractivity contribution in [2.45, 2.75) is 11.1 Å². The smallest absolute Gasteiger partial charge is 0.405 e. The summed E-state index contributed by atoms with van der Waals surface area (Å²) in [6, 6.07) is 2.95. The summed E-state index contributed by atoms with van der Waals surface area (Å²) < 4.78 is 1.58. The van der Waals surface area contributed by atoms with Crippen LogP contribution in [-0.2, 0) is 4.79 Å². The van der Waals surface area contributed by atoms with Gasteiger partial charge in [-0.15, -0.1) is 11.8 Å². The van der Waals surface area contributed by atoms with Crippen molar-refractivity contribution in [3.63, 3.8) is 0 Å². The van der Waals surface area contributed by atoms with Gasteiger partial charge in [0, 0.05) is 11.9 Å². The van der Waals surface area contributed by atoms with Crippen LogP contribution in [0.3, 0.4) is 0 Å². The Morgan fingerprint density at radius 3 is 3.27 bits per heavy atom. The van der Waals surface area contributed by atoms with Crippen LogP contribution in [0.25, 0.3) is 0 Å². The van der Waals surface area contributed by atoms with Gasteiger partial charge in [0.1, 0.15) is 6.04 Å². The van der Waals surface area contributed by atoms with E-state index in [1.54, 1.807) is 10.9 Å². The Balaban J connectivity index is 2.13. The molecule has 15 heavy (non-hydrogen) atoms. The van der Waals surface area contributed by atoms with Gasteiger partial charge in [0.15, 0.2) is 0 Å². The molecule has 2 heterocycles. The predicted molar refractivity (Wildman–Crippen MR) is 54.5 cm³/mol. The van der Waals surface area contributed by atoms with E-state index in [-0.39, 0.29) is 5.91 Å². The molecule has 2 rings (SSSR count). The minimum Gasteiger partial charge on any atom is -0.465 e. The highest BCUT2D eigenvalue weighted by Gasteiger charge is 2.24. The number of rotatable bonds is 1. The second kappa shape index (κ2) is 3.85. The Morgan fingerprint density at radius 1 is 1.73 bits per heavy atom. The van der Waals surface area contributed by atoms with Gasteiger partial charge < -0.3 is 10.4 Å². The fourth-order valence-electron chi connectivity index (χ4n) is 1.27. The first-order chi connectivity index (χ1) is 7.16. The molecule has 1 aliphatic rings. The van der Waals surface area contributed by atoms with Gasteiger partial charge in [0.2, 0.25) is 0 Å². The molecule has 80 valence electrons. The number of nitrogens with zero attached hydrogens (tertiary/aromatic N) is 1. The molecule has 0 bridgehead atoms. The van der Waals surface area contributed by atoms with Crippen LogP contribution >= 0.6 is 11.8 Å². The van der Waals surface area contributed by atoms with E-state index in [0.29, 0.717) is 5.75 Å². The monoisotopic (exact) mass is 227 g/mol. The molecule has 0 aromatic carbocycles. The summed E-state index contributed by atoms with van der Waals surface area (Å²) in [6.45, 7) is 0. The van der Waals surface area contributed by atoms with Crippen LogP contribution in [0.4, 0.5) is 4.79 Å². The quantitative estimate of drug-likeness (QED) is 0.644. The predicted octanol–water partition coefficient (Wildman–Crippen LogP) is 0.300. The zero-order chi connectivity index (χ0) is 10.8. The molecule has 0 spiro atoms. The fourth-order valence-corrected chi connectivity index (χ4v) is 2.27. The molecule has 1 aromatic rings. The molecule has 1 atom stereocenters. The number of carbonyl (C=O) groups excluding carboxylic acids is 1. The fraction of sp³-hybridized carbons (Fsp3) is 0.250. The second-order valence-corrected chi connectivity index (χ2v) is 4.05. The number of carbonyl (C=O) groups is 2. The van der Waals surface area contributed by atoms with Crippen molar-refractivity contribution in [2.75, 3.05) is 11.2 Å². The Morgan fingerprint density at radius 2 is 2.53 bits per heavy atom. The van der Waals surface area contributed by atoms with Gasteiger partial charge in [0.05, 0.1) is 5.03 Å². The maximum atomic E-state index is 11.5. The third-order valence-corrected chi connectivity index (χ3v) is 3.08. The highest BCUT2D eigenvalue weighted by atomic mass is 32.2. The number of nitrogens with one attached hydrogen (secondary N) is 2. The van der Waals surface area contributed by atoms with Crippen LogP contribution < -0.4 is 10.7 Å². The number of hydrogen-bond donors (Lipinski definition) is 3. The lowest BCUT2D eigenvalue weighted by molar-refractivity contribution is -0.118. The lowest BCUT2D eigenvalue weighted by Gasteiger charge is -2.11. The van der Waals surface area contributed by atoms with E-state index >= 15 is 0 Å². The van der Waals surface area contributed by atoms with Crippen LogP contribution in [0, 0.1) is 0 Å². The number of hydrogen-bond acceptors (Lipinski definition) is 3. The topological polar surface area (TPSA) is 83.4 Å². The van der Waals surface area contributed by atoms with E-state index in [1.807, 2.05) is 12.1 Å². The van der Waals surface area contributed by atoms with E-state index in [0.717, 1.165) is 5.03 Å². The maximum absolute atomic E-state index is 11.5. The molecular formula is C8H9N3O3S. The van der Waals surface area contributed by atoms with Gasteiger partial charge in [0.25, 0.3) is 5.91 Å². The summed E-state index contributed by atoms with van der Waals surface area (Å²) in [5, 5.41) is 11.6. The third-order valence-electron chi connectivity index (χ3n) is 1.95. The largest absolute Gasteiger partial charge is 0.465 e. The summed E-state index contributed by atoms with van der Waals surface area (Å²) in [5.41, 5.74) is 2.59. The SMILES string of the molecule is O=C(O)NC1CSc2cccn2NC1=O. The van der Waals surface area contributed by atoms with Crippen molar-refractivity contribution in [1.82, 2.24) is 9.99 Å². The minimum absolute atomic E-state index is 0.347. The number of fused-ring (bicyclic) bond motifs is 1. The van der Waals surface area contributed by atoms with E-state index < -0.39 is 12.1 Å². The van der Waals surface area contributed by atoms with Gasteiger partial charge in [-0.05, 0) is 12.1 Å². The van der Waals surface area contributed by atoms with Crippen LogP contribution in [-0.4, -0.2) is 33.6 Å². The summed E-state index contributed by atoms with van der Waals surface area (Å²) >= 11 is 1.42. The van der Waals surface area contributed by atoms with Crippen LogP contribution in [0.5, 0.6) is 0 Å². The van der Waals surface area contributed by atoms with Crippen molar-refractivity contribution in [1.29, 1.82) is 0 Å². The first-order valence-corrected chi connectivity index (χ1v) is 5.26. The molecule has 1 aromatic heterocycles. The van der Waals surface area contributed by atoms with Crippen molar-refractivity contribution in [3.05, 3.63) is 18.3 Å². The lowest BCUT2D eigenvalue weighted by atomic mass is 10.3. The zero-order valence-electron chi connectivity index (χ0n) is 7.64. The molecule has 2 amide bonds. The van der Waals surface area contributed by atoms with Crippen molar-refractivity contribution in [2.24, 2.45) is 0 Å². The lowest BCUT2D eigenvalue weighted by Crippen LogP contribution is -2.45. The number of carboxylic acid groups (broad SMARTS) is 1. The number of thioether (sulfide) groups is 1. The summed E-state index contributed by atoms with van der Waals surface area (Å²) in [5.74, 6) is 0.0437.